The lowest BCUT2D eigenvalue weighted by molar-refractivity contribution is 0.0697. The minimum atomic E-state index is -1.18. The molecular weight excluding hydrogens is 349 g/mol. The molecule has 1 N–H and O–H groups in total. The van der Waals surface area contributed by atoms with Crippen LogP contribution in [0.1, 0.15) is 10.4 Å². The Morgan fingerprint density at radius 3 is 2.31 bits per heavy atom. The van der Waals surface area contributed by atoms with Gasteiger partial charge in [-0.15, -0.1) is 0 Å². The van der Waals surface area contributed by atoms with E-state index >= 15 is 0 Å². The van der Waals surface area contributed by atoms with Gasteiger partial charge in [0.1, 0.15) is 0 Å². The lowest BCUT2D eigenvalue weighted by Crippen LogP contribution is -2.00. The van der Waals surface area contributed by atoms with Gasteiger partial charge in [0.15, 0.2) is 0 Å². The second-order valence-corrected chi connectivity index (χ2v) is 4.47. The maximum Gasteiger partial charge on any atom is 0.338 e. The molecule has 1 rings (SSSR count). The summed E-state index contributed by atoms with van der Waals surface area (Å²) in [6, 6.07) is 1.51. The first-order chi connectivity index (χ1) is 5.95. The van der Waals surface area contributed by atoms with Crippen LogP contribution < -0.4 is 0 Å². The fraction of sp³-hybridized carbons (Fsp3) is 0. The minimum absolute atomic E-state index is 0.0282. The Bertz CT molecular complexity index is 352. The zero-order valence-corrected chi connectivity index (χ0v) is 10.4. The van der Waals surface area contributed by atoms with Crippen molar-refractivity contribution in [3.63, 3.8) is 0 Å². The van der Waals surface area contributed by atoms with Crippen molar-refractivity contribution in [2.24, 2.45) is 0 Å². The fourth-order valence-electron chi connectivity index (χ4n) is 0.761. The van der Waals surface area contributed by atoms with Gasteiger partial charge in [0, 0.05) is 3.57 Å². The Labute approximate surface area is 103 Å². The van der Waals surface area contributed by atoms with E-state index in [1.807, 2.05) is 22.6 Å². The van der Waals surface area contributed by atoms with Crippen LogP contribution >= 0.6 is 57.4 Å². The highest BCUT2D eigenvalue weighted by molar-refractivity contribution is 14.1. The molecule has 0 saturated heterocycles. The van der Waals surface area contributed by atoms with Gasteiger partial charge in [-0.05, 0) is 28.7 Å². The van der Waals surface area contributed by atoms with Crippen LogP contribution in [-0.4, -0.2) is 11.1 Å². The number of carboxylic acids is 1. The number of aromatic carboxylic acids is 1. The molecule has 0 atom stereocenters. The summed E-state index contributed by atoms with van der Waals surface area (Å²) >= 11 is 19.0. The van der Waals surface area contributed by atoms with E-state index in [1.54, 1.807) is 0 Å². The molecule has 2 nitrogen and oxygen atoms in total. The summed E-state index contributed by atoms with van der Waals surface area (Å²) in [4.78, 5) is 10.7. The van der Waals surface area contributed by atoms with Crippen LogP contribution in [0.3, 0.4) is 0 Å². The van der Waals surface area contributed by atoms with Gasteiger partial charge in [-0.2, -0.15) is 0 Å². The molecule has 0 amide bonds. The van der Waals surface area contributed by atoms with Crippen molar-refractivity contribution in [3.8, 4) is 0 Å². The third kappa shape index (κ3) is 2.21. The standard InChI is InChI=1S/C7H2Cl3IO2/c8-2-1-3(11)6(10)4(5(2)9)7(12)13/h1H,(H,12,13). The van der Waals surface area contributed by atoms with Gasteiger partial charge in [0.05, 0.1) is 20.6 Å². The topological polar surface area (TPSA) is 37.3 Å². The summed E-state index contributed by atoms with van der Waals surface area (Å²) in [5.74, 6) is -1.18. The zero-order valence-electron chi connectivity index (χ0n) is 5.94. The summed E-state index contributed by atoms with van der Waals surface area (Å²) in [7, 11) is 0. The largest absolute Gasteiger partial charge is 0.478 e. The predicted octanol–water partition coefficient (Wildman–Crippen LogP) is 3.95. The second kappa shape index (κ2) is 4.21. The van der Waals surface area contributed by atoms with Crippen molar-refractivity contribution in [2.45, 2.75) is 0 Å². The lowest BCUT2D eigenvalue weighted by Gasteiger charge is -2.05. The van der Waals surface area contributed by atoms with Gasteiger partial charge < -0.3 is 5.11 Å². The van der Waals surface area contributed by atoms with E-state index in [0.717, 1.165) is 0 Å². The molecule has 0 radical (unpaired) electrons. The fourth-order valence-corrected chi connectivity index (χ4v) is 2.24. The van der Waals surface area contributed by atoms with Crippen LogP contribution in [0.25, 0.3) is 0 Å². The van der Waals surface area contributed by atoms with Crippen molar-refractivity contribution in [1.29, 1.82) is 0 Å². The molecule has 6 heteroatoms. The number of rotatable bonds is 1. The Hall–Kier alpha value is 0.290. The average Bonchev–Trinajstić information content (AvgIpc) is 2.01. The Balaban J connectivity index is 3.56. The highest BCUT2D eigenvalue weighted by Gasteiger charge is 2.18. The van der Waals surface area contributed by atoms with Gasteiger partial charge in [-0.25, -0.2) is 4.79 Å². The maximum atomic E-state index is 10.7. The van der Waals surface area contributed by atoms with Crippen LogP contribution in [0, 0.1) is 3.57 Å². The molecule has 13 heavy (non-hydrogen) atoms. The Morgan fingerprint density at radius 2 is 1.85 bits per heavy atom. The highest BCUT2D eigenvalue weighted by Crippen LogP contribution is 2.34. The molecule has 0 heterocycles. The summed E-state index contributed by atoms with van der Waals surface area (Å²) in [5.41, 5.74) is -0.153. The van der Waals surface area contributed by atoms with Gasteiger partial charge in [0.25, 0.3) is 0 Å². The summed E-state index contributed by atoms with van der Waals surface area (Å²) in [6.45, 7) is 0. The number of carbonyl (C=O) groups is 1. The van der Waals surface area contributed by atoms with Gasteiger partial charge >= 0.3 is 5.97 Å². The van der Waals surface area contributed by atoms with Crippen molar-refractivity contribution in [2.75, 3.05) is 0 Å². The first-order valence-electron chi connectivity index (χ1n) is 3.01. The van der Waals surface area contributed by atoms with Crippen molar-refractivity contribution in [3.05, 3.63) is 30.3 Å². The SMILES string of the molecule is O=C(O)c1c(Cl)c(Cl)cc(I)c1Cl. The second-order valence-electron chi connectivity index (χ2n) is 2.15. The summed E-state index contributed by atoms with van der Waals surface area (Å²) in [6.07, 6.45) is 0. The van der Waals surface area contributed by atoms with Crippen LogP contribution in [0.15, 0.2) is 6.07 Å². The van der Waals surface area contributed by atoms with E-state index in [1.165, 1.54) is 6.07 Å². The van der Waals surface area contributed by atoms with Crippen molar-refractivity contribution in [1.82, 2.24) is 0 Å². The first-order valence-corrected chi connectivity index (χ1v) is 5.22. The lowest BCUT2D eigenvalue weighted by atomic mass is 10.2. The predicted molar refractivity (Wildman–Crippen MR) is 61.1 cm³/mol. The number of carboxylic acid groups (broad SMARTS) is 1. The number of halogens is 4. The van der Waals surface area contributed by atoms with Crippen LogP contribution in [0.2, 0.25) is 15.1 Å². The molecule has 0 saturated carbocycles. The molecule has 0 aliphatic rings. The van der Waals surface area contributed by atoms with E-state index in [0.29, 0.717) is 3.57 Å². The molecule has 0 aliphatic carbocycles. The van der Waals surface area contributed by atoms with Crippen LogP contribution in [-0.2, 0) is 0 Å². The van der Waals surface area contributed by atoms with Gasteiger partial charge in [-0.1, -0.05) is 34.8 Å². The highest BCUT2D eigenvalue weighted by atomic mass is 127. The Kier molecular flexibility index (Phi) is 3.68. The Morgan fingerprint density at radius 1 is 1.31 bits per heavy atom. The molecule has 0 spiro atoms. The van der Waals surface area contributed by atoms with Crippen LogP contribution in [0.5, 0.6) is 0 Å². The molecule has 0 bridgehead atoms. The molecule has 0 fully saturated rings. The monoisotopic (exact) mass is 350 g/mol. The molecule has 0 aliphatic heterocycles. The van der Waals surface area contributed by atoms with E-state index in [9.17, 15) is 4.79 Å². The summed E-state index contributed by atoms with van der Waals surface area (Å²) in [5, 5.41) is 9.04. The average molecular weight is 351 g/mol. The van der Waals surface area contributed by atoms with Crippen LogP contribution in [0.4, 0.5) is 0 Å². The van der Waals surface area contributed by atoms with Crippen molar-refractivity contribution >= 4 is 63.4 Å². The van der Waals surface area contributed by atoms with Gasteiger partial charge in [-0.3, -0.25) is 0 Å². The van der Waals surface area contributed by atoms with Gasteiger partial charge in [0.2, 0.25) is 0 Å². The quantitative estimate of drug-likeness (QED) is 0.614. The molecule has 70 valence electrons. The third-order valence-electron chi connectivity index (χ3n) is 1.33. The summed E-state index contributed by atoms with van der Waals surface area (Å²) < 4.78 is 0.561. The first kappa shape index (κ1) is 11.4. The van der Waals surface area contributed by atoms with E-state index in [-0.39, 0.29) is 20.6 Å². The van der Waals surface area contributed by atoms with E-state index in [2.05, 4.69) is 0 Å². The maximum absolute atomic E-state index is 10.7. The van der Waals surface area contributed by atoms with Crippen molar-refractivity contribution < 1.29 is 9.90 Å². The third-order valence-corrected chi connectivity index (χ3v) is 3.68. The molecular formula is C7H2Cl3IO2. The molecule has 0 aromatic heterocycles. The van der Waals surface area contributed by atoms with E-state index < -0.39 is 5.97 Å². The normalized spacial score (nSPS) is 10.2. The number of hydrogen-bond donors (Lipinski definition) is 1. The molecule has 1 aromatic carbocycles. The molecule has 0 unspecified atom stereocenters. The number of benzene rings is 1. The zero-order chi connectivity index (χ0) is 10.2. The smallest absolute Gasteiger partial charge is 0.338 e. The minimum Gasteiger partial charge on any atom is -0.478 e. The number of hydrogen-bond acceptors (Lipinski definition) is 1. The van der Waals surface area contributed by atoms with E-state index in [4.69, 9.17) is 39.9 Å². The molecule has 1 aromatic rings.